The van der Waals surface area contributed by atoms with Crippen molar-refractivity contribution in [3.05, 3.63) is 21.9 Å². The number of morpholine rings is 1. The van der Waals surface area contributed by atoms with E-state index >= 15 is 0 Å². The van der Waals surface area contributed by atoms with Gasteiger partial charge in [0.2, 0.25) is 5.91 Å². The zero-order valence-electron chi connectivity index (χ0n) is 12.5. The van der Waals surface area contributed by atoms with Gasteiger partial charge in [-0.05, 0) is 29.2 Å². The van der Waals surface area contributed by atoms with Gasteiger partial charge in [0.05, 0.1) is 19.3 Å². The molecule has 3 heterocycles. The Morgan fingerprint density at radius 1 is 1.50 bits per heavy atom. The quantitative estimate of drug-likeness (QED) is 0.832. The van der Waals surface area contributed by atoms with Gasteiger partial charge in [0.25, 0.3) is 0 Å². The number of hydrogen-bond donors (Lipinski definition) is 2. The summed E-state index contributed by atoms with van der Waals surface area (Å²) >= 11 is 3.42. The summed E-state index contributed by atoms with van der Waals surface area (Å²) in [5, 5.41) is 15.0. The number of β-amino-alcohol motifs (C(OH)–C–C–N with tert-alkyl or cyclic N) is 1. The molecule has 22 heavy (non-hydrogen) atoms. The maximum atomic E-state index is 12.4. The first-order chi connectivity index (χ1) is 10.7. The normalized spacial score (nSPS) is 23.8. The fraction of sp³-hybridized carbons (Fsp3) is 0.667. The van der Waals surface area contributed by atoms with Crippen LogP contribution in [0.25, 0.3) is 0 Å². The first-order valence-corrected chi connectivity index (χ1v) is 9.60. The smallest absolute Gasteiger partial charge is 0.237 e. The fourth-order valence-electron chi connectivity index (χ4n) is 2.82. The molecule has 0 aromatic carbocycles. The monoisotopic (exact) mass is 342 g/mol. The first-order valence-electron chi connectivity index (χ1n) is 7.68. The van der Waals surface area contributed by atoms with Crippen molar-refractivity contribution in [1.29, 1.82) is 0 Å². The Bertz CT molecular complexity index is 503. The van der Waals surface area contributed by atoms with E-state index in [9.17, 15) is 9.90 Å². The van der Waals surface area contributed by atoms with Crippen LogP contribution >= 0.6 is 23.1 Å². The third-order valence-corrected chi connectivity index (χ3v) is 6.24. The number of rotatable bonds is 5. The molecule has 0 spiro atoms. The number of thioether (sulfide) groups is 1. The second-order valence-electron chi connectivity index (χ2n) is 5.61. The van der Waals surface area contributed by atoms with E-state index in [1.165, 1.54) is 4.88 Å². The molecule has 5 nitrogen and oxygen atoms in total. The summed E-state index contributed by atoms with van der Waals surface area (Å²) in [6.45, 7) is 4.04. The van der Waals surface area contributed by atoms with Crippen LogP contribution in [0.4, 0.5) is 0 Å². The van der Waals surface area contributed by atoms with Crippen LogP contribution in [0.3, 0.4) is 0 Å². The highest BCUT2D eigenvalue weighted by Gasteiger charge is 2.28. The van der Waals surface area contributed by atoms with E-state index in [1.807, 2.05) is 0 Å². The number of carbonyl (C=O) groups excluding carboxylic acids is 1. The molecule has 1 aromatic rings. The van der Waals surface area contributed by atoms with Crippen LogP contribution < -0.4 is 5.32 Å². The third-order valence-electron chi connectivity index (χ3n) is 4.00. The number of aliphatic hydroxyl groups is 1. The van der Waals surface area contributed by atoms with E-state index in [4.69, 9.17) is 4.74 Å². The van der Waals surface area contributed by atoms with Gasteiger partial charge in [0.1, 0.15) is 5.25 Å². The van der Waals surface area contributed by atoms with Gasteiger partial charge in [-0.1, -0.05) is 0 Å². The van der Waals surface area contributed by atoms with Gasteiger partial charge >= 0.3 is 0 Å². The molecule has 2 aliphatic rings. The Labute approximate surface area is 139 Å². The summed E-state index contributed by atoms with van der Waals surface area (Å²) in [4.78, 5) is 15.9. The van der Waals surface area contributed by atoms with E-state index in [-0.39, 0.29) is 11.2 Å². The molecule has 3 rings (SSSR count). The Balaban J connectivity index is 1.46. The zero-order valence-corrected chi connectivity index (χ0v) is 14.1. The number of hydrogen-bond acceptors (Lipinski definition) is 6. The van der Waals surface area contributed by atoms with Crippen LogP contribution in [0.5, 0.6) is 0 Å². The number of aliphatic hydroxyl groups excluding tert-OH is 1. The molecule has 122 valence electrons. The SMILES string of the molecule is O=C(NC[C@@H](O)CN1CCOCC1)[C@H]1SCCc2sccc21. The number of ether oxygens (including phenoxy) is 1. The molecule has 2 atom stereocenters. The van der Waals surface area contributed by atoms with E-state index in [1.54, 1.807) is 23.1 Å². The minimum absolute atomic E-state index is 0.0189. The number of thiophene rings is 1. The molecule has 7 heteroatoms. The highest BCUT2D eigenvalue weighted by atomic mass is 32.2. The van der Waals surface area contributed by atoms with Crippen molar-refractivity contribution < 1.29 is 14.6 Å². The molecule has 2 aliphatic heterocycles. The van der Waals surface area contributed by atoms with Crippen LogP contribution in [0, 0.1) is 0 Å². The van der Waals surface area contributed by atoms with Crippen LogP contribution in [0.2, 0.25) is 0 Å². The number of aryl methyl sites for hydroxylation is 1. The van der Waals surface area contributed by atoms with Gasteiger partial charge in [-0.2, -0.15) is 0 Å². The molecular formula is C15H22N2O3S2. The van der Waals surface area contributed by atoms with Crippen molar-refractivity contribution in [2.24, 2.45) is 0 Å². The van der Waals surface area contributed by atoms with Crippen LogP contribution in [-0.2, 0) is 16.0 Å². The molecule has 0 saturated carbocycles. The minimum Gasteiger partial charge on any atom is -0.390 e. The van der Waals surface area contributed by atoms with Gasteiger partial charge in [-0.3, -0.25) is 9.69 Å². The average Bonchev–Trinajstić information content (AvgIpc) is 3.02. The molecule has 1 amide bonds. The van der Waals surface area contributed by atoms with Crippen molar-refractivity contribution in [2.75, 3.05) is 45.1 Å². The summed E-state index contributed by atoms with van der Waals surface area (Å²) < 4.78 is 5.29. The summed E-state index contributed by atoms with van der Waals surface area (Å²) in [6.07, 6.45) is 0.527. The van der Waals surface area contributed by atoms with Crippen molar-refractivity contribution in [3.63, 3.8) is 0 Å². The molecule has 1 fully saturated rings. The summed E-state index contributed by atoms with van der Waals surface area (Å²) in [5.74, 6) is 1.01. The molecule has 0 unspecified atom stereocenters. The lowest BCUT2D eigenvalue weighted by atomic mass is 10.1. The molecule has 0 aliphatic carbocycles. The largest absolute Gasteiger partial charge is 0.390 e. The topological polar surface area (TPSA) is 61.8 Å². The Morgan fingerprint density at radius 3 is 3.14 bits per heavy atom. The molecular weight excluding hydrogens is 320 g/mol. The highest BCUT2D eigenvalue weighted by Crippen LogP contribution is 2.39. The Kier molecular flexibility index (Phi) is 5.76. The Morgan fingerprint density at radius 2 is 2.32 bits per heavy atom. The summed E-state index contributed by atoms with van der Waals surface area (Å²) in [6, 6.07) is 2.06. The molecule has 1 saturated heterocycles. The van der Waals surface area contributed by atoms with Crippen molar-refractivity contribution in [1.82, 2.24) is 10.2 Å². The molecule has 1 aromatic heterocycles. The standard InChI is InChI=1S/C15H22N2O3S2/c18-11(10-17-3-5-20-6-4-17)9-16-15(19)14-12-1-7-21-13(12)2-8-22-14/h1,7,11,14,18H,2-6,8-10H2,(H,16,19)/t11-,14+/m1/s1. The lowest BCUT2D eigenvalue weighted by Crippen LogP contribution is -2.45. The predicted octanol–water partition coefficient (Wildman–Crippen LogP) is 0.888. The van der Waals surface area contributed by atoms with E-state index < -0.39 is 6.10 Å². The van der Waals surface area contributed by atoms with Gasteiger partial charge in [0, 0.05) is 31.1 Å². The van der Waals surface area contributed by atoms with Crippen molar-refractivity contribution in [2.45, 2.75) is 17.8 Å². The first kappa shape index (κ1) is 16.3. The molecule has 0 radical (unpaired) electrons. The number of nitrogens with zero attached hydrogens (tertiary/aromatic N) is 1. The van der Waals surface area contributed by atoms with Gasteiger partial charge in [0.15, 0.2) is 0 Å². The second-order valence-corrected chi connectivity index (χ2v) is 7.83. The van der Waals surface area contributed by atoms with Crippen LogP contribution in [0.15, 0.2) is 11.4 Å². The lowest BCUT2D eigenvalue weighted by Gasteiger charge is -2.29. The lowest BCUT2D eigenvalue weighted by molar-refractivity contribution is -0.121. The maximum Gasteiger partial charge on any atom is 0.237 e. The zero-order chi connectivity index (χ0) is 15.4. The van der Waals surface area contributed by atoms with Gasteiger partial charge < -0.3 is 15.2 Å². The summed E-state index contributed by atoms with van der Waals surface area (Å²) in [5.41, 5.74) is 1.15. The third kappa shape index (κ3) is 4.02. The van der Waals surface area contributed by atoms with Gasteiger partial charge in [-0.25, -0.2) is 0 Å². The van der Waals surface area contributed by atoms with Crippen molar-refractivity contribution >= 4 is 29.0 Å². The fourth-order valence-corrected chi connectivity index (χ4v) is 5.14. The number of nitrogens with one attached hydrogen (secondary N) is 1. The van der Waals surface area contributed by atoms with Gasteiger partial charge in [-0.15, -0.1) is 23.1 Å². The second kappa shape index (κ2) is 7.79. The molecule has 2 N–H and O–H groups in total. The van der Waals surface area contributed by atoms with Crippen LogP contribution in [-0.4, -0.2) is 67.2 Å². The van der Waals surface area contributed by atoms with E-state index in [0.717, 1.165) is 44.0 Å². The summed E-state index contributed by atoms with van der Waals surface area (Å²) in [7, 11) is 0. The molecule has 0 bridgehead atoms. The average molecular weight is 342 g/mol. The van der Waals surface area contributed by atoms with Crippen molar-refractivity contribution in [3.8, 4) is 0 Å². The Hall–Kier alpha value is -0.600. The maximum absolute atomic E-state index is 12.4. The number of amides is 1. The number of carbonyl (C=O) groups is 1. The van der Waals surface area contributed by atoms with Crippen LogP contribution in [0.1, 0.15) is 15.7 Å². The predicted molar refractivity (Wildman–Crippen MR) is 89.5 cm³/mol. The van der Waals surface area contributed by atoms with E-state index in [2.05, 4.69) is 21.7 Å². The minimum atomic E-state index is -0.530. The van der Waals surface area contributed by atoms with E-state index in [0.29, 0.717) is 13.1 Å². The highest BCUT2D eigenvalue weighted by molar-refractivity contribution is 8.00. The number of fused-ring (bicyclic) bond motifs is 1.